The van der Waals surface area contributed by atoms with Crippen LogP contribution in [0.5, 0.6) is 5.75 Å². The van der Waals surface area contributed by atoms with E-state index in [1.807, 2.05) is 67.7 Å². The molecule has 3 N–H and O–H groups in total. The quantitative estimate of drug-likeness (QED) is 0.412. The summed E-state index contributed by atoms with van der Waals surface area (Å²) in [6.07, 6.45) is 0.477. The number of likely N-dealkylation sites (N-methyl/N-ethyl adjacent to an activating group) is 1. The lowest BCUT2D eigenvalue weighted by atomic mass is 10.1. The number of ether oxygens (including phenoxy) is 1. The fourth-order valence-corrected chi connectivity index (χ4v) is 4.32. The molecule has 0 saturated carbocycles. The predicted molar refractivity (Wildman–Crippen MR) is 130 cm³/mol. The van der Waals surface area contributed by atoms with Crippen molar-refractivity contribution >= 4 is 11.7 Å². The predicted octanol–water partition coefficient (Wildman–Crippen LogP) is 3.65. The van der Waals surface area contributed by atoms with Crippen LogP contribution >= 0.6 is 0 Å². The van der Waals surface area contributed by atoms with Gasteiger partial charge in [-0.2, -0.15) is 0 Å². The molecule has 0 radical (unpaired) electrons. The van der Waals surface area contributed by atoms with Crippen LogP contribution < -0.4 is 10.5 Å². The molecule has 0 bridgehead atoms. The Labute approximate surface area is 195 Å². The molecular weight excluding hydrogens is 412 g/mol. The van der Waals surface area contributed by atoms with Gasteiger partial charge in [0.05, 0.1) is 6.04 Å². The molecule has 4 rings (SSSR count). The Morgan fingerprint density at radius 2 is 1.70 bits per heavy atom. The van der Waals surface area contributed by atoms with Crippen LogP contribution in [0.1, 0.15) is 23.1 Å². The average molecular weight is 443 g/mol. The summed E-state index contributed by atoms with van der Waals surface area (Å²) in [5.41, 5.74) is 8.53. The summed E-state index contributed by atoms with van der Waals surface area (Å²) >= 11 is 0. The molecule has 1 aliphatic heterocycles. The Bertz CT molecular complexity index is 1090. The highest BCUT2D eigenvalue weighted by atomic mass is 16.5. The fraction of sp³-hybridized carbons (Fsp3) is 0.259. The van der Waals surface area contributed by atoms with Gasteiger partial charge in [-0.05, 0) is 23.3 Å². The maximum absolute atomic E-state index is 13.5. The van der Waals surface area contributed by atoms with Crippen molar-refractivity contribution in [1.82, 2.24) is 9.80 Å². The first-order chi connectivity index (χ1) is 16.0. The molecule has 3 aromatic carbocycles. The van der Waals surface area contributed by atoms with Crippen molar-refractivity contribution in [3.63, 3.8) is 0 Å². The number of nitrogens with one attached hydrogen (secondary N) is 1. The summed E-state index contributed by atoms with van der Waals surface area (Å²) in [7, 11) is 1.86. The van der Waals surface area contributed by atoms with E-state index in [1.165, 1.54) is 5.56 Å². The number of carbonyl (C=O) groups is 1. The SMILES string of the molecule is CN(Cc1ccccc1)C(=O)[C@@H]1C[C@@H](Oc2cccc(C(=N)N)c2)CN1Cc1ccccc1. The number of nitrogens with two attached hydrogens (primary N) is 1. The highest BCUT2D eigenvalue weighted by molar-refractivity contribution is 5.95. The molecule has 0 spiro atoms. The van der Waals surface area contributed by atoms with Crippen LogP contribution in [-0.4, -0.2) is 47.3 Å². The second kappa shape index (κ2) is 10.3. The van der Waals surface area contributed by atoms with Crippen molar-refractivity contribution in [3.05, 3.63) is 102 Å². The van der Waals surface area contributed by atoms with Crippen molar-refractivity contribution in [1.29, 1.82) is 5.41 Å². The van der Waals surface area contributed by atoms with Gasteiger partial charge < -0.3 is 15.4 Å². The Balaban J connectivity index is 1.50. The molecule has 1 heterocycles. The molecule has 6 nitrogen and oxygen atoms in total. The van der Waals surface area contributed by atoms with Crippen molar-refractivity contribution in [2.45, 2.75) is 31.7 Å². The maximum Gasteiger partial charge on any atom is 0.240 e. The molecule has 2 atom stereocenters. The Morgan fingerprint density at radius 1 is 1.03 bits per heavy atom. The Morgan fingerprint density at radius 3 is 2.36 bits per heavy atom. The van der Waals surface area contributed by atoms with Gasteiger partial charge in [-0.3, -0.25) is 15.1 Å². The lowest BCUT2D eigenvalue weighted by Gasteiger charge is -2.27. The minimum Gasteiger partial charge on any atom is -0.489 e. The number of nitrogen functional groups attached to an aromatic ring is 1. The second-order valence-electron chi connectivity index (χ2n) is 8.53. The number of hydrogen-bond donors (Lipinski definition) is 2. The lowest BCUT2D eigenvalue weighted by Crippen LogP contribution is -2.43. The van der Waals surface area contributed by atoms with Crippen LogP contribution in [0.25, 0.3) is 0 Å². The summed E-state index contributed by atoms with van der Waals surface area (Å²) in [6.45, 7) is 1.90. The monoisotopic (exact) mass is 442 g/mol. The molecular formula is C27H30N4O2. The molecule has 33 heavy (non-hydrogen) atoms. The molecule has 170 valence electrons. The van der Waals surface area contributed by atoms with E-state index in [9.17, 15) is 4.79 Å². The van der Waals surface area contributed by atoms with Crippen molar-refractivity contribution in [3.8, 4) is 5.75 Å². The summed E-state index contributed by atoms with van der Waals surface area (Å²) in [5.74, 6) is 0.768. The molecule has 6 heteroatoms. The minimum atomic E-state index is -0.264. The Hall–Kier alpha value is -3.64. The maximum atomic E-state index is 13.5. The van der Waals surface area contributed by atoms with Gasteiger partial charge in [0, 0.05) is 38.7 Å². The number of nitrogens with zero attached hydrogens (tertiary/aromatic N) is 2. The Kier molecular flexibility index (Phi) is 7.05. The molecule has 3 aromatic rings. The fourth-order valence-electron chi connectivity index (χ4n) is 4.32. The van der Waals surface area contributed by atoms with Gasteiger partial charge in [-0.1, -0.05) is 72.8 Å². The van der Waals surface area contributed by atoms with Crippen LogP contribution in [0, 0.1) is 5.41 Å². The average Bonchev–Trinajstić information content (AvgIpc) is 3.21. The highest BCUT2D eigenvalue weighted by Crippen LogP contribution is 2.27. The third kappa shape index (κ3) is 5.79. The zero-order valence-electron chi connectivity index (χ0n) is 18.9. The summed E-state index contributed by atoms with van der Waals surface area (Å²) in [5, 5.41) is 7.67. The van der Waals surface area contributed by atoms with E-state index in [4.69, 9.17) is 15.9 Å². The normalized spacial score (nSPS) is 18.1. The number of carbonyl (C=O) groups excluding carboxylic acids is 1. The number of amides is 1. The number of likely N-dealkylation sites (tertiary alicyclic amines) is 1. The van der Waals surface area contributed by atoms with E-state index in [0.29, 0.717) is 37.4 Å². The third-order valence-electron chi connectivity index (χ3n) is 5.97. The van der Waals surface area contributed by atoms with Crippen LogP contribution in [-0.2, 0) is 17.9 Å². The van der Waals surface area contributed by atoms with Gasteiger partial charge in [-0.15, -0.1) is 0 Å². The van der Waals surface area contributed by atoms with E-state index in [0.717, 1.165) is 5.56 Å². The smallest absolute Gasteiger partial charge is 0.240 e. The first-order valence-corrected chi connectivity index (χ1v) is 11.2. The topological polar surface area (TPSA) is 82.6 Å². The standard InChI is InChI=1S/C27H30N4O2/c1-30(17-20-9-4-2-5-10-20)27(32)25-16-24(19-31(25)18-21-11-6-3-7-12-21)33-23-14-8-13-22(15-23)26(28)29/h2-15,24-25H,16-19H2,1H3,(H3,28,29)/t24-,25+/m1/s1. The van der Waals surface area contributed by atoms with Crippen LogP contribution in [0.4, 0.5) is 0 Å². The molecule has 0 unspecified atom stereocenters. The highest BCUT2D eigenvalue weighted by Gasteiger charge is 2.39. The van der Waals surface area contributed by atoms with E-state index in [1.54, 1.807) is 17.0 Å². The van der Waals surface area contributed by atoms with Crippen LogP contribution in [0.15, 0.2) is 84.9 Å². The number of hydrogen-bond acceptors (Lipinski definition) is 4. The van der Waals surface area contributed by atoms with Crippen molar-refractivity contribution < 1.29 is 9.53 Å². The molecule has 1 fully saturated rings. The summed E-state index contributed by atoms with van der Waals surface area (Å²) in [4.78, 5) is 17.5. The molecule has 1 aliphatic rings. The van der Waals surface area contributed by atoms with Crippen molar-refractivity contribution in [2.75, 3.05) is 13.6 Å². The van der Waals surface area contributed by atoms with Gasteiger partial charge in [-0.25, -0.2) is 0 Å². The van der Waals surface area contributed by atoms with Gasteiger partial charge in [0.15, 0.2) is 0 Å². The van der Waals surface area contributed by atoms with E-state index < -0.39 is 0 Å². The van der Waals surface area contributed by atoms with Gasteiger partial charge in [0.2, 0.25) is 5.91 Å². The molecule has 0 aromatic heterocycles. The zero-order chi connectivity index (χ0) is 23.2. The van der Waals surface area contributed by atoms with Gasteiger partial charge >= 0.3 is 0 Å². The summed E-state index contributed by atoms with van der Waals surface area (Å²) < 4.78 is 6.25. The number of benzene rings is 3. The third-order valence-corrected chi connectivity index (χ3v) is 5.97. The molecule has 1 amide bonds. The molecule has 1 saturated heterocycles. The van der Waals surface area contributed by atoms with E-state index in [2.05, 4.69) is 17.0 Å². The van der Waals surface area contributed by atoms with Gasteiger partial charge in [0.1, 0.15) is 17.7 Å². The first kappa shape index (κ1) is 22.6. The van der Waals surface area contributed by atoms with Gasteiger partial charge in [0.25, 0.3) is 0 Å². The second-order valence-corrected chi connectivity index (χ2v) is 8.53. The first-order valence-electron chi connectivity index (χ1n) is 11.2. The van der Waals surface area contributed by atoms with E-state index >= 15 is 0 Å². The number of amidine groups is 1. The summed E-state index contributed by atoms with van der Waals surface area (Å²) in [6, 6.07) is 27.2. The minimum absolute atomic E-state index is 0.00756. The lowest BCUT2D eigenvalue weighted by molar-refractivity contribution is -0.135. The molecule has 0 aliphatic carbocycles. The number of rotatable bonds is 8. The van der Waals surface area contributed by atoms with E-state index in [-0.39, 0.29) is 23.9 Å². The largest absolute Gasteiger partial charge is 0.489 e. The van der Waals surface area contributed by atoms with Crippen molar-refractivity contribution in [2.24, 2.45) is 5.73 Å². The zero-order valence-corrected chi connectivity index (χ0v) is 18.9. The van der Waals surface area contributed by atoms with Crippen LogP contribution in [0.3, 0.4) is 0 Å². The van der Waals surface area contributed by atoms with Crippen LogP contribution in [0.2, 0.25) is 0 Å².